The number of nitrogens with one attached hydrogen (secondary N) is 1. The van der Waals surface area contributed by atoms with Crippen LogP contribution in [0.5, 0.6) is 0 Å². The summed E-state index contributed by atoms with van der Waals surface area (Å²) in [5, 5.41) is 12.7. The molecule has 0 radical (unpaired) electrons. The summed E-state index contributed by atoms with van der Waals surface area (Å²) in [4.78, 5) is 0. The molecule has 2 rings (SSSR count). The van der Waals surface area contributed by atoms with E-state index in [0.29, 0.717) is 13.2 Å². The van der Waals surface area contributed by atoms with Gasteiger partial charge in [-0.25, -0.2) is 0 Å². The highest BCUT2D eigenvalue weighted by Crippen LogP contribution is 2.04. The highest BCUT2D eigenvalue weighted by Gasteiger charge is 2.24. The van der Waals surface area contributed by atoms with Crippen LogP contribution < -0.4 is 5.32 Å². The lowest BCUT2D eigenvalue weighted by Crippen LogP contribution is -2.40. The van der Waals surface area contributed by atoms with Crippen LogP contribution >= 0.6 is 0 Å². The third kappa shape index (κ3) is 2.35. The van der Waals surface area contributed by atoms with Crippen molar-refractivity contribution in [1.82, 2.24) is 9.88 Å². The lowest BCUT2D eigenvalue weighted by molar-refractivity contribution is 0.122. The standard InChI is InChI=1S/C10H16N2O2/c13-10-8-14-7-9(10)11-3-6-12-4-1-2-5-12/h1-2,4-5,9-11,13H,3,6-8H2/t9-,10-/m1/s1. The SMILES string of the molecule is O[C@@H]1COC[C@H]1NCCn1cccc1. The van der Waals surface area contributed by atoms with Crippen molar-refractivity contribution in [3.05, 3.63) is 24.5 Å². The minimum absolute atomic E-state index is 0.102. The molecule has 0 bridgehead atoms. The van der Waals surface area contributed by atoms with Crippen LogP contribution in [-0.2, 0) is 11.3 Å². The van der Waals surface area contributed by atoms with Gasteiger partial charge in [0.15, 0.2) is 0 Å². The van der Waals surface area contributed by atoms with Crippen LogP contribution in [0.4, 0.5) is 0 Å². The summed E-state index contributed by atoms with van der Waals surface area (Å²) in [5.41, 5.74) is 0. The van der Waals surface area contributed by atoms with Gasteiger partial charge in [-0.2, -0.15) is 0 Å². The zero-order chi connectivity index (χ0) is 9.80. The number of aromatic nitrogens is 1. The molecule has 1 aliphatic heterocycles. The van der Waals surface area contributed by atoms with E-state index in [2.05, 4.69) is 9.88 Å². The Bertz CT molecular complexity index is 261. The first-order chi connectivity index (χ1) is 6.86. The molecule has 14 heavy (non-hydrogen) atoms. The zero-order valence-electron chi connectivity index (χ0n) is 8.10. The fourth-order valence-corrected chi connectivity index (χ4v) is 1.64. The summed E-state index contributed by atoms with van der Waals surface area (Å²) in [5.74, 6) is 0. The smallest absolute Gasteiger partial charge is 0.0948 e. The lowest BCUT2D eigenvalue weighted by Gasteiger charge is -2.14. The van der Waals surface area contributed by atoms with E-state index in [4.69, 9.17) is 4.74 Å². The van der Waals surface area contributed by atoms with Crippen LogP contribution in [-0.4, -0.2) is 41.6 Å². The van der Waals surface area contributed by atoms with Crippen molar-refractivity contribution in [3.63, 3.8) is 0 Å². The van der Waals surface area contributed by atoms with Crippen molar-refractivity contribution in [3.8, 4) is 0 Å². The Balaban J connectivity index is 1.68. The van der Waals surface area contributed by atoms with E-state index in [9.17, 15) is 5.11 Å². The van der Waals surface area contributed by atoms with Crippen molar-refractivity contribution >= 4 is 0 Å². The average molecular weight is 196 g/mol. The Morgan fingerprint density at radius 3 is 2.79 bits per heavy atom. The third-order valence-corrected chi connectivity index (χ3v) is 2.49. The first-order valence-electron chi connectivity index (χ1n) is 4.96. The van der Waals surface area contributed by atoms with Crippen molar-refractivity contribution in [2.45, 2.75) is 18.7 Å². The first-order valence-corrected chi connectivity index (χ1v) is 4.96. The molecular formula is C10H16N2O2. The molecule has 0 unspecified atom stereocenters. The molecule has 0 amide bonds. The maximum atomic E-state index is 9.45. The summed E-state index contributed by atoms with van der Waals surface area (Å²) in [6, 6.07) is 4.12. The first kappa shape index (κ1) is 9.71. The maximum Gasteiger partial charge on any atom is 0.0948 e. The Morgan fingerprint density at radius 1 is 1.36 bits per heavy atom. The average Bonchev–Trinajstić information content (AvgIpc) is 2.78. The second kappa shape index (κ2) is 4.59. The van der Waals surface area contributed by atoms with E-state index in [0.717, 1.165) is 13.1 Å². The fraction of sp³-hybridized carbons (Fsp3) is 0.600. The molecule has 4 heteroatoms. The molecule has 1 aromatic rings. The summed E-state index contributed by atoms with van der Waals surface area (Å²) in [7, 11) is 0. The Hall–Kier alpha value is -0.840. The van der Waals surface area contributed by atoms with Gasteiger partial charge < -0.3 is 19.7 Å². The van der Waals surface area contributed by atoms with Crippen LogP contribution in [0.3, 0.4) is 0 Å². The minimum atomic E-state index is -0.348. The Kier molecular flexibility index (Phi) is 3.18. The van der Waals surface area contributed by atoms with Crippen LogP contribution in [0.2, 0.25) is 0 Å². The zero-order valence-corrected chi connectivity index (χ0v) is 8.10. The number of nitrogens with zero attached hydrogens (tertiary/aromatic N) is 1. The molecular weight excluding hydrogens is 180 g/mol. The quantitative estimate of drug-likeness (QED) is 0.703. The topological polar surface area (TPSA) is 46.4 Å². The summed E-state index contributed by atoms with van der Waals surface area (Å²) in [6.45, 7) is 2.87. The normalized spacial score (nSPS) is 26.9. The second-order valence-corrected chi connectivity index (χ2v) is 3.59. The van der Waals surface area contributed by atoms with Crippen LogP contribution in [0.15, 0.2) is 24.5 Å². The number of aliphatic hydroxyl groups is 1. The van der Waals surface area contributed by atoms with Gasteiger partial charge in [-0.05, 0) is 12.1 Å². The van der Waals surface area contributed by atoms with E-state index < -0.39 is 0 Å². The molecule has 1 aliphatic rings. The van der Waals surface area contributed by atoms with Gasteiger partial charge in [0.05, 0.1) is 25.4 Å². The molecule has 1 saturated heterocycles. The molecule has 4 nitrogen and oxygen atoms in total. The number of hydrogen-bond donors (Lipinski definition) is 2. The maximum absolute atomic E-state index is 9.45. The predicted octanol–water partition coefficient (Wildman–Crippen LogP) is -0.163. The molecule has 0 aromatic carbocycles. The Labute approximate surface area is 83.5 Å². The van der Waals surface area contributed by atoms with Crippen molar-refractivity contribution in [2.75, 3.05) is 19.8 Å². The number of rotatable bonds is 4. The molecule has 2 N–H and O–H groups in total. The number of ether oxygens (including phenoxy) is 1. The van der Waals surface area contributed by atoms with E-state index in [1.54, 1.807) is 0 Å². The monoisotopic (exact) mass is 196 g/mol. The van der Waals surface area contributed by atoms with Gasteiger partial charge in [0, 0.05) is 25.5 Å². The Morgan fingerprint density at radius 2 is 2.14 bits per heavy atom. The molecule has 0 aliphatic carbocycles. The summed E-state index contributed by atoms with van der Waals surface area (Å²) in [6.07, 6.45) is 3.71. The van der Waals surface area contributed by atoms with Gasteiger partial charge in [-0.15, -0.1) is 0 Å². The minimum Gasteiger partial charge on any atom is -0.389 e. The highest BCUT2D eigenvalue weighted by molar-refractivity contribution is 4.90. The predicted molar refractivity (Wildman–Crippen MR) is 53.0 cm³/mol. The van der Waals surface area contributed by atoms with Crippen LogP contribution in [0.1, 0.15) is 0 Å². The molecule has 78 valence electrons. The molecule has 0 spiro atoms. The summed E-state index contributed by atoms with van der Waals surface area (Å²) < 4.78 is 7.24. The third-order valence-electron chi connectivity index (χ3n) is 2.49. The fourth-order valence-electron chi connectivity index (χ4n) is 1.64. The molecule has 2 heterocycles. The lowest BCUT2D eigenvalue weighted by atomic mass is 10.2. The van der Waals surface area contributed by atoms with Gasteiger partial charge in [0.1, 0.15) is 0 Å². The van der Waals surface area contributed by atoms with Gasteiger partial charge >= 0.3 is 0 Å². The molecule has 1 aromatic heterocycles. The van der Waals surface area contributed by atoms with E-state index >= 15 is 0 Å². The number of hydrogen-bond acceptors (Lipinski definition) is 3. The highest BCUT2D eigenvalue weighted by atomic mass is 16.5. The van der Waals surface area contributed by atoms with Crippen molar-refractivity contribution < 1.29 is 9.84 Å². The van der Waals surface area contributed by atoms with E-state index in [1.807, 2.05) is 24.5 Å². The van der Waals surface area contributed by atoms with Gasteiger partial charge in [-0.3, -0.25) is 0 Å². The van der Waals surface area contributed by atoms with Gasteiger partial charge in [-0.1, -0.05) is 0 Å². The summed E-state index contributed by atoms with van der Waals surface area (Å²) >= 11 is 0. The second-order valence-electron chi connectivity index (χ2n) is 3.59. The van der Waals surface area contributed by atoms with Gasteiger partial charge in [0.25, 0.3) is 0 Å². The van der Waals surface area contributed by atoms with E-state index in [-0.39, 0.29) is 12.1 Å². The molecule has 2 atom stereocenters. The van der Waals surface area contributed by atoms with Crippen molar-refractivity contribution in [1.29, 1.82) is 0 Å². The van der Waals surface area contributed by atoms with Crippen molar-refractivity contribution in [2.24, 2.45) is 0 Å². The largest absolute Gasteiger partial charge is 0.389 e. The van der Waals surface area contributed by atoms with Crippen LogP contribution in [0.25, 0.3) is 0 Å². The van der Waals surface area contributed by atoms with Gasteiger partial charge in [0.2, 0.25) is 0 Å². The van der Waals surface area contributed by atoms with Crippen LogP contribution in [0, 0.1) is 0 Å². The number of aliphatic hydroxyl groups excluding tert-OH is 1. The molecule has 0 saturated carbocycles. The van der Waals surface area contributed by atoms with E-state index in [1.165, 1.54) is 0 Å². The molecule has 1 fully saturated rings.